The van der Waals surface area contributed by atoms with E-state index in [1.54, 1.807) is 4.90 Å². The lowest BCUT2D eigenvalue weighted by Gasteiger charge is -2.45. The molecule has 1 aliphatic heterocycles. The summed E-state index contributed by atoms with van der Waals surface area (Å²) in [6.45, 7) is 4.57. The number of carboxylic acids is 1. The van der Waals surface area contributed by atoms with Crippen LogP contribution in [0.3, 0.4) is 0 Å². The Morgan fingerprint density at radius 3 is 2.58 bits per heavy atom. The van der Waals surface area contributed by atoms with Gasteiger partial charge < -0.3 is 19.2 Å². The molecule has 1 unspecified atom stereocenters. The number of nitrogens with zero attached hydrogens (tertiary/aromatic N) is 1. The lowest BCUT2D eigenvalue weighted by Crippen LogP contribution is -2.56. The number of carbonyl (C=O) groups excluding carboxylic acids is 1. The molecule has 1 saturated heterocycles. The molecule has 0 radical (unpaired) electrons. The van der Waals surface area contributed by atoms with E-state index in [2.05, 4.69) is 0 Å². The molecule has 24 heavy (non-hydrogen) atoms. The summed E-state index contributed by atoms with van der Waals surface area (Å²) in [4.78, 5) is 25.5. The second kappa shape index (κ2) is 6.13. The van der Waals surface area contributed by atoms with Crippen LogP contribution in [0, 0.1) is 0 Å². The van der Waals surface area contributed by atoms with Gasteiger partial charge in [0.25, 0.3) is 5.91 Å². The number of rotatable bonds is 3. The van der Waals surface area contributed by atoms with Crippen LogP contribution in [0.5, 0.6) is 0 Å². The van der Waals surface area contributed by atoms with Crippen LogP contribution in [0.15, 0.2) is 47.1 Å². The van der Waals surface area contributed by atoms with Crippen molar-refractivity contribution in [2.75, 3.05) is 13.2 Å². The van der Waals surface area contributed by atoms with Crippen LogP contribution in [0.4, 0.5) is 0 Å². The van der Waals surface area contributed by atoms with Gasteiger partial charge >= 0.3 is 5.97 Å². The van der Waals surface area contributed by atoms with E-state index in [1.807, 2.05) is 44.2 Å². The van der Waals surface area contributed by atoms with Gasteiger partial charge in [-0.25, -0.2) is 4.79 Å². The number of ether oxygens (including phenoxy) is 1. The van der Waals surface area contributed by atoms with Crippen molar-refractivity contribution in [1.82, 2.24) is 4.90 Å². The van der Waals surface area contributed by atoms with E-state index in [1.165, 1.54) is 6.07 Å². The van der Waals surface area contributed by atoms with Gasteiger partial charge in [0.1, 0.15) is 12.4 Å². The van der Waals surface area contributed by atoms with Crippen molar-refractivity contribution in [3.8, 4) is 0 Å². The number of carbonyl (C=O) groups is 2. The predicted octanol–water partition coefficient (Wildman–Crippen LogP) is 2.97. The fourth-order valence-corrected chi connectivity index (χ4v) is 2.77. The number of carboxylic acid groups (broad SMARTS) is 1. The maximum Gasteiger partial charge on any atom is 0.338 e. The van der Waals surface area contributed by atoms with E-state index in [4.69, 9.17) is 14.3 Å². The average molecular weight is 329 g/mol. The Morgan fingerprint density at radius 1 is 1.25 bits per heavy atom. The number of amides is 1. The van der Waals surface area contributed by atoms with Crippen molar-refractivity contribution < 1.29 is 23.8 Å². The number of hydrogen-bond donors (Lipinski definition) is 1. The number of benzene rings is 1. The van der Waals surface area contributed by atoms with E-state index < -0.39 is 11.5 Å². The van der Waals surface area contributed by atoms with Crippen molar-refractivity contribution in [2.45, 2.75) is 25.5 Å². The topological polar surface area (TPSA) is 80.0 Å². The van der Waals surface area contributed by atoms with E-state index >= 15 is 0 Å². The minimum absolute atomic E-state index is 0.0224. The molecule has 1 amide bonds. The minimum Gasteiger partial charge on any atom is -0.478 e. The number of furan rings is 1. The van der Waals surface area contributed by atoms with Crippen molar-refractivity contribution in [2.24, 2.45) is 0 Å². The zero-order valence-corrected chi connectivity index (χ0v) is 13.6. The highest BCUT2D eigenvalue weighted by Crippen LogP contribution is 2.31. The van der Waals surface area contributed by atoms with Gasteiger partial charge in [0.15, 0.2) is 5.76 Å². The van der Waals surface area contributed by atoms with E-state index in [0.717, 1.165) is 11.8 Å². The SMILES string of the molecule is CC1(C)COC(c2ccccc2)CN1C(=O)c1cc(C(=O)O)co1. The molecule has 0 spiro atoms. The molecule has 0 aliphatic carbocycles. The van der Waals surface area contributed by atoms with E-state index in [-0.39, 0.29) is 23.3 Å². The first-order chi connectivity index (χ1) is 11.4. The van der Waals surface area contributed by atoms with Crippen LogP contribution in [0.25, 0.3) is 0 Å². The molecule has 6 nitrogen and oxygen atoms in total. The highest BCUT2D eigenvalue weighted by molar-refractivity contribution is 5.95. The lowest BCUT2D eigenvalue weighted by molar-refractivity contribution is -0.0854. The number of aromatic carboxylic acids is 1. The smallest absolute Gasteiger partial charge is 0.338 e. The Bertz CT molecular complexity index is 750. The molecule has 2 heterocycles. The monoisotopic (exact) mass is 329 g/mol. The summed E-state index contributed by atoms with van der Waals surface area (Å²) in [5, 5.41) is 8.98. The first kappa shape index (κ1) is 16.3. The maximum absolute atomic E-state index is 12.8. The molecular formula is C18H19NO5. The van der Waals surface area contributed by atoms with Gasteiger partial charge in [-0.3, -0.25) is 4.79 Å². The molecular weight excluding hydrogens is 310 g/mol. The summed E-state index contributed by atoms with van der Waals surface area (Å²) in [5.74, 6) is -1.44. The summed E-state index contributed by atoms with van der Waals surface area (Å²) in [5.41, 5.74) is 0.443. The minimum atomic E-state index is -1.12. The van der Waals surface area contributed by atoms with Crippen LogP contribution >= 0.6 is 0 Å². The van der Waals surface area contributed by atoms with Crippen molar-refractivity contribution in [1.29, 1.82) is 0 Å². The predicted molar refractivity (Wildman–Crippen MR) is 85.9 cm³/mol. The van der Waals surface area contributed by atoms with Gasteiger partial charge in [-0.2, -0.15) is 0 Å². The highest BCUT2D eigenvalue weighted by Gasteiger charge is 2.40. The third-order valence-electron chi connectivity index (χ3n) is 4.19. The Balaban J connectivity index is 1.85. The van der Waals surface area contributed by atoms with Crippen molar-refractivity contribution in [3.63, 3.8) is 0 Å². The molecule has 1 atom stereocenters. The fraction of sp³-hybridized carbons (Fsp3) is 0.333. The normalized spacial score (nSPS) is 19.9. The Morgan fingerprint density at radius 2 is 1.96 bits per heavy atom. The zero-order chi connectivity index (χ0) is 17.3. The average Bonchev–Trinajstić information content (AvgIpc) is 3.05. The van der Waals surface area contributed by atoms with Crippen LogP contribution in [-0.2, 0) is 4.74 Å². The van der Waals surface area contributed by atoms with E-state index in [9.17, 15) is 9.59 Å². The lowest BCUT2D eigenvalue weighted by atomic mass is 9.97. The summed E-state index contributed by atoms with van der Waals surface area (Å²) in [7, 11) is 0. The van der Waals surface area contributed by atoms with Crippen LogP contribution in [0.1, 0.15) is 46.4 Å². The molecule has 2 aromatic rings. The summed E-state index contributed by atoms with van der Waals surface area (Å²) < 4.78 is 11.1. The molecule has 0 bridgehead atoms. The highest BCUT2D eigenvalue weighted by atomic mass is 16.5. The molecule has 6 heteroatoms. The third-order valence-corrected chi connectivity index (χ3v) is 4.19. The van der Waals surface area contributed by atoms with Gasteiger partial charge in [-0.1, -0.05) is 30.3 Å². The molecule has 1 fully saturated rings. The van der Waals surface area contributed by atoms with Crippen LogP contribution in [-0.4, -0.2) is 40.6 Å². The van der Waals surface area contributed by atoms with Gasteiger partial charge in [0.2, 0.25) is 0 Å². The van der Waals surface area contributed by atoms with Crippen molar-refractivity contribution in [3.05, 3.63) is 59.5 Å². The molecule has 126 valence electrons. The van der Waals surface area contributed by atoms with Crippen molar-refractivity contribution >= 4 is 11.9 Å². The summed E-state index contributed by atoms with van der Waals surface area (Å²) in [6, 6.07) is 11.0. The molecule has 1 N–H and O–H groups in total. The second-order valence-corrected chi connectivity index (χ2v) is 6.44. The quantitative estimate of drug-likeness (QED) is 0.936. The Hall–Kier alpha value is -2.60. The van der Waals surface area contributed by atoms with E-state index in [0.29, 0.717) is 13.2 Å². The molecule has 3 rings (SSSR count). The second-order valence-electron chi connectivity index (χ2n) is 6.44. The fourth-order valence-electron chi connectivity index (χ4n) is 2.77. The standard InChI is InChI=1S/C18H19NO5/c1-18(2)11-24-15(12-6-4-3-5-7-12)9-19(18)16(20)14-8-13(10-23-14)17(21)22/h3-8,10,15H,9,11H2,1-2H3,(H,21,22). The first-order valence-corrected chi connectivity index (χ1v) is 7.69. The third kappa shape index (κ3) is 3.05. The Labute approximate surface area is 139 Å². The maximum atomic E-state index is 12.8. The largest absolute Gasteiger partial charge is 0.478 e. The molecule has 1 aliphatic rings. The molecule has 0 saturated carbocycles. The first-order valence-electron chi connectivity index (χ1n) is 7.69. The Kier molecular flexibility index (Phi) is 4.15. The van der Waals surface area contributed by atoms with Gasteiger partial charge in [0, 0.05) is 6.07 Å². The van der Waals surface area contributed by atoms with Crippen LogP contribution in [0.2, 0.25) is 0 Å². The van der Waals surface area contributed by atoms with Gasteiger partial charge in [-0.15, -0.1) is 0 Å². The molecule has 1 aromatic carbocycles. The molecule has 1 aromatic heterocycles. The number of morpholine rings is 1. The van der Waals surface area contributed by atoms with Crippen LogP contribution < -0.4 is 0 Å². The van der Waals surface area contributed by atoms with Gasteiger partial charge in [0.05, 0.1) is 24.3 Å². The number of hydrogen-bond acceptors (Lipinski definition) is 4. The zero-order valence-electron chi connectivity index (χ0n) is 13.6. The summed E-state index contributed by atoms with van der Waals surface area (Å²) in [6.07, 6.45) is 0.856. The summed E-state index contributed by atoms with van der Waals surface area (Å²) >= 11 is 0. The van der Waals surface area contributed by atoms with Gasteiger partial charge in [-0.05, 0) is 19.4 Å².